The summed E-state index contributed by atoms with van der Waals surface area (Å²) in [5.74, 6) is -6.30. The van der Waals surface area contributed by atoms with E-state index in [0.717, 1.165) is 0 Å². The standard InChI is InChI=1S/C30H26N4O10/c1-43-21-11-7-17(8-12-21)23(35)15-25(37)29(41)33-31-27(39)19-3-5-20(6-4-19)28(40)32-34-30(42)26(38)16-24(36)18-9-13-22(44-2)14-10-18/h3-16,35-36H,1-2H3,(H,31,39)(H,32,40)(H,33,41)(H,34,42). The summed E-state index contributed by atoms with van der Waals surface area (Å²) in [6, 6.07) is 17.0. The quantitative estimate of drug-likeness (QED) is 0.0854. The third-order valence-electron chi connectivity index (χ3n) is 5.74. The van der Waals surface area contributed by atoms with Crippen LogP contribution in [-0.2, 0) is 19.2 Å². The lowest BCUT2D eigenvalue weighted by Gasteiger charge is -2.08. The number of aliphatic hydroxyl groups excluding tert-OH is 2. The Hall–Kier alpha value is -6.44. The molecule has 0 spiro atoms. The van der Waals surface area contributed by atoms with Gasteiger partial charge in [0.15, 0.2) is 0 Å². The molecule has 0 radical (unpaired) electrons. The van der Waals surface area contributed by atoms with Crippen LogP contribution in [0.1, 0.15) is 31.8 Å². The fourth-order valence-corrected chi connectivity index (χ4v) is 3.34. The number of amides is 4. The summed E-state index contributed by atoms with van der Waals surface area (Å²) in [5, 5.41) is 20.1. The molecule has 0 atom stereocenters. The molecule has 0 saturated heterocycles. The summed E-state index contributed by atoms with van der Waals surface area (Å²) in [4.78, 5) is 72.9. The van der Waals surface area contributed by atoms with Gasteiger partial charge in [-0.15, -0.1) is 0 Å². The van der Waals surface area contributed by atoms with E-state index < -0.39 is 46.7 Å². The van der Waals surface area contributed by atoms with Crippen molar-refractivity contribution in [1.82, 2.24) is 21.7 Å². The Labute approximate surface area is 249 Å². The molecule has 14 nitrogen and oxygen atoms in total. The largest absolute Gasteiger partial charge is 0.507 e. The number of methoxy groups -OCH3 is 2. The topological polar surface area (TPSA) is 209 Å². The number of ketones is 2. The van der Waals surface area contributed by atoms with Crippen molar-refractivity contribution in [3.8, 4) is 11.5 Å². The summed E-state index contributed by atoms with van der Waals surface area (Å²) in [5.41, 5.74) is 8.38. The fourth-order valence-electron chi connectivity index (χ4n) is 3.34. The monoisotopic (exact) mass is 602 g/mol. The number of ether oxygens (including phenoxy) is 2. The Morgan fingerprint density at radius 2 is 0.795 bits per heavy atom. The van der Waals surface area contributed by atoms with Gasteiger partial charge in [0.05, 0.1) is 14.2 Å². The maximum absolute atomic E-state index is 12.3. The maximum Gasteiger partial charge on any atom is 0.310 e. The average Bonchev–Trinajstić information content (AvgIpc) is 3.05. The lowest BCUT2D eigenvalue weighted by atomic mass is 10.1. The van der Waals surface area contributed by atoms with E-state index in [9.17, 15) is 39.0 Å². The number of hydrogen-bond donors (Lipinski definition) is 6. The van der Waals surface area contributed by atoms with Crippen molar-refractivity contribution < 1.29 is 48.5 Å². The van der Waals surface area contributed by atoms with E-state index in [0.29, 0.717) is 23.7 Å². The van der Waals surface area contributed by atoms with Gasteiger partial charge in [-0.1, -0.05) is 0 Å². The molecule has 0 heterocycles. The maximum atomic E-state index is 12.3. The number of hydrazine groups is 2. The number of aliphatic hydroxyl groups is 2. The summed E-state index contributed by atoms with van der Waals surface area (Å²) in [6.07, 6.45) is 1.37. The Balaban J connectivity index is 1.48. The predicted octanol–water partition coefficient (Wildman–Crippen LogP) is 1.56. The lowest BCUT2D eigenvalue weighted by molar-refractivity contribution is -0.135. The van der Waals surface area contributed by atoms with E-state index in [1.807, 2.05) is 21.7 Å². The first kappa shape index (κ1) is 32.1. The second-order valence-electron chi connectivity index (χ2n) is 8.64. The Bertz CT molecular complexity index is 1510. The van der Waals surface area contributed by atoms with Gasteiger partial charge in [0.25, 0.3) is 11.8 Å². The van der Waals surface area contributed by atoms with E-state index in [4.69, 9.17) is 9.47 Å². The van der Waals surface area contributed by atoms with Crippen LogP contribution < -0.4 is 31.2 Å². The molecule has 0 aromatic heterocycles. The highest BCUT2D eigenvalue weighted by Gasteiger charge is 2.17. The van der Waals surface area contributed by atoms with Gasteiger partial charge in [-0.05, 0) is 72.8 Å². The van der Waals surface area contributed by atoms with Crippen LogP contribution >= 0.6 is 0 Å². The van der Waals surface area contributed by atoms with Crippen molar-refractivity contribution in [2.75, 3.05) is 14.2 Å². The van der Waals surface area contributed by atoms with Crippen molar-refractivity contribution in [3.05, 3.63) is 107 Å². The second-order valence-corrected chi connectivity index (χ2v) is 8.64. The minimum Gasteiger partial charge on any atom is -0.507 e. The zero-order valence-electron chi connectivity index (χ0n) is 23.2. The van der Waals surface area contributed by atoms with Crippen LogP contribution in [0.5, 0.6) is 11.5 Å². The second kappa shape index (κ2) is 15.0. The van der Waals surface area contributed by atoms with Crippen LogP contribution in [0, 0.1) is 0 Å². The molecule has 3 aromatic carbocycles. The van der Waals surface area contributed by atoms with Gasteiger partial charge in [0.2, 0.25) is 11.6 Å². The normalized spacial score (nSPS) is 11.0. The lowest BCUT2D eigenvalue weighted by Crippen LogP contribution is -2.45. The molecule has 3 aromatic rings. The zero-order valence-corrected chi connectivity index (χ0v) is 23.2. The van der Waals surface area contributed by atoms with Crippen LogP contribution in [0.15, 0.2) is 84.9 Å². The van der Waals surface area contributed by atoms with Crippen LogP contribution in [0.25, 0.3) is 11.5 Å². The molecule has 0 unspecified atom stereocenters. The molecule has 0 saturated carbocycles. The fraction of sp³-hybridized carbons (Fsp3) is 0.0667. The van der Waals surface area contributed by atoms with E-state index in [-0.39, 0.29) is 22.3 Å². The van der Waals surface area contributed by atoms with Crippen LogP contribution in [0.2, 0.25) is 0 Å². The Kier molecular flexibility index (Phi) is 10.9. The Morgan fingerprint density at radius 1 is 0.500 bits per heavy atom. The first-order chi connectivity index (χ1) is 21.0. The highest BCUT2D eigenvalue weighted by molar-refractivity contribution is 6.42. The van der Waals surface area contributed by atoms with E-state index in [2.05, 4.69) is 0 Å². The summed E-state index contributed by atoms with van der Waals surface area (Å²) < 4.78 is 10.0. The predicted molar refractivity (Wildman–Crippen MR) is 155 cm³/mol. The molecular weight excluding hydrogens is 576 g/mol. The molecule has 4 amide bonds. The smallest absolute Gasteiger partial charge is 0.310 e. The molecule has 3 rings (SSSR count). The van der Waals surface area contributed by atoms with Gasteiger partial charge in [-0.2, -0.15) is 0 Å². The first-order valence-electron chi connectivity index (χ1n) is 12.5. The van der Waals surface area contributed by atoms with Crippen LogP contribution in [-0.4, -0.2) is 59.6 Å². The van der Waals surface area contributed by atoms with Crippen molar-refractivity contribution in [1.29, 1.82) is 0 Å². The van der Waals surface area contributed by atoms with Crippen molar-refractivity contribution in [3.63, 3.8) is 0 Å². The summed E-state index contributed by atoms with van der Waals surface area (Å²) in [6.45, 7) is 0. The number of carbonyl (C=O) groups excluding carboxylic acids is 6. The Morgan fingerprint density at radius 3 is 1.09 bits per heavy atom. The van der Waals surface area contributed by atoms with Gasteiger partial charge in [-0.3, -0.25) is 50.5 Å². The van der Waals surface area contributed by atoms with Crippen LogP contribution in [0.4, 0.5) is 0 Å². The summed E-state index contributed by atoms with van der Waals surface area (Å²) in [7, 11) is 2.93. The minimum atomic E-state index is -1.23. The number of carbonyl (C=O) groups is 6. The number of benzene rings is 3. The van der Waals surface area contributed by atoms with Gasteiger partial charge in [-0.25, -0.2) is 0 Å². The highest BCUT2D eigenvalue weighted by Crippen LogP contribution is 2.17. The van der Waals surface area contributed by atoms with Gasteiger partial charge in [0, 0.05) is 34.4 Å². The molecule has 44 heavy (non-hydrogen) atoms. The molecule has 0 fully saturated rings. The molecular formula is C30H26N4O10. The molecule has 6 N–H and O–H groups in total. The van der Waals surface area contributed by atoms with Gasteiger partial charge >= 0.3 is 11.8 Å². The summed E-state index contributed by atoms with van der Waals surface area (Å²) >= 11 is 0. The van der Waals surface area contributed by atoms with E-state index in [1.54, 1.807) is 24.3 Å². The molecule has 0 aliphatic heterocycles. The third-order valence-corrected chi connectivity index (χ3v) is 5.74. The number of hydrogen-bond acceptors (Lipinski definition) is 10. The SMILES string of the molecule is COc1ccc(C(O)=CC(=O)C(=O)NNC(=O)c2ccc(C(=O)NNC(=O)C(=O)C=C(O)c3ccc(OC)cc3)cc2)cc1. The number of nitrogens with one attached hydrogen (secondary N) is 4. The highest BCUT2D eigenvalue weighted by atomic mass is 16.5. The van der Waals surface area contributed by atoms with Crippen molar-refractivity contribution in [2.45, 2.75) is 0 Å². The minimum absolute atomic E-state index is 0.00993. The van der Waals surface area contributed by atoms with Crippen LogP contribution in [0.3, 0.4) is 0 Å². The van der Waals surface area contributed by atoms with E-state index >= 15 is 0 Å². The third kappa shape index (κ3) is 8.78. The molecule has 14 heteroatoms. The van der Waals surface area contributed by atoms with E-state index in [1.165, 1.54) is 62.8 Å². The zero-order chi connectivity index (χ0) is 32.2. The molecule has 0 bridgehead atoms. The van der Waals surface area contributed by atoms with Crippen molar-refractivity contribution in [2.24, 2.45) is 0 Å². The van der Waals surface area contributed by atoms with Gasteiger partial charge < -0.3 is 19.7 Å². The number of rotatable bonds is 10. The molecule has 226 valence electrons. The molecule has 0 aliphatic rings. The van der Waals surface area contributed by atoms with Crippen molar-refractivity contribution >= 4 is 46.7 Å². The average molecular weight is 603 g/mol. The first-order valence-corrected chi connectivity index (χ1v) is 12.5. The molecule has 0 aliphatic carbocycles. The van der Waals surface area contributed by atoms with Gasteiger partial charge in [0.1, 0.15) is 23.0 Å².